The van der Waals surface area contributed by atoms with E-state index < -0.39 is 52.9 Å². The normalized spacial score (nSPS) is 11.8. The van der Waals surface area contributed by atoms with Gasteiger partial charge >= 0.3 is 19.5 Å². The lowest BCUT2D eigenvalue weighted by Gasteiger charge is -2.32. The van der Waals surface area contributed by atoms with Crippen LogP contribution in [-0.2, 0) is 377 Å². The molecule has 1 aliphatic rings. The number of aryl methyl sites for hydroxylation is 1. The van der Waals surface area contributed by atoms with E-state index in [1.54, 1.807) is 321 Å². The first-order valence-electron chi connectivity index (χ1n) is 32.2. The molecule has 0 amide bonds. The molecule has 1 saturated heterocycles. The lowest BCUT2D eigenvalue weighted by molar-refractivity contribution is -0.138. The smallest absolute Gasteiger partial charge is 0.455 e. The van der Waals surface area contributed by atoms with E-state index in [0.717, 1.165) is 68.7 Å². The van der Waals surface area contributed by atoms with E-state index >= 15 is 0 Å². The maximum atomic E-state index is 14.1. The summed E-state index contributed by atoms with van der Waals surface area (Å²) < 4.78 is 120. The zero-order chi connectivity index (χ0) is 88.1. The summed E-state index contributed by atoms with van der Waals surface area (Å²) in [7, 11) is 58.8. The number of benzene rings is 9. The maximum absolute atomic E-state index is 14.1. The highest BCUT2D eigenvalue weighted by molar-refractivity contribution is 14.1. The van der Waals surface area contributed by atoms with Crippen molar-refractivity contribution in [2.45, 2.75) is 65.6 Å². The summed E-state index contributed by atoms with van der Waals surface area (Å²) in [5, 5.41) is 36.4. The Morgan fingerprint density at radius 3 is 0.887 bits per heavy atom. The van der Waals surface area contributed by atoms with Gasteiger partial charge in [0.05, 0.1) is 52.2 Å². The quantitative estimate of drug-likeness (QED) is 0.0941. The summed E-state index contributed by atoms with van der Waals surface area (Å²) in [6.07, 6.45) is -9.33. The van der Waals surface area contributed by atoms with Crippen molar-refractivity contribution in [2.24, 2.45) is 0 Å². The van der Waals surface area contributed by atoms with Gasteiger partial charge in [0.1, 0.15) is 45.6 Å². The predicted molar refractivity (Wildman–Crippen MR) is 623 cm³/mol. The van der Waals surface area contributed by atoms with Gasteiger partial charge in [0.25, 0.3) is 0 Å². The summed E-state index contributed by atoms with van der Waals surface area (Å²) in [5.41, 5.74) is 4.08. The van der Waals surface area contributed by atoms with Crippen molar-refractivity contribution < 1.29 is 53.3 Å². The van der Waals surface area contributed by atoms with Gasteiger partial charge in [0.15, 0.2) is 11.2 Å². The second kappa shape index (κ2) is 54.9. The average molecular weight is 2620 g/mol. The van der Waals surface area contributed by atoms with Crippen molar-refractivity contribution in [3.63, 3.8) is 0 Å². The molecule has 124 heavy (non-hydrogen) atoms. The molecule has 0 aliphatic carbocycles. The molecule has 1 aliphatic heterocycles. The van der Waals surface area contributed by atoms with Gasteiger partial charge in [-0.1, -0.05) is 123 Å². The average Bonchev–Trinajstić information content (AvgIpc) is 1.54. The fourth-order valence-corrected chi connectivity index (χ4v) is 98.2. The van der Waals surface area contributed by atoms with Crippen LogP contribution in [0.15, 0.2) is 169 Å². The minimum Gasteiger partial charge on any atom is -0.455 e. The Balaban J connectivity index is 0.000000183. The number of hydrogen-bond acceptors (Lipinski definition) is 13. The van der Waals surface area contributed by atoms with Crippen LogP contribution in [0.25, 0.3) is 110 Å². The Bertz CT molecular complexity index is 8120. The van der Waals surface area contributed by atoms with Crippen molar-refractivity contribution in [3.8, 4) is 40.5 Å². The van der Waals surface area contributed by atoms with Crippen molar-refractivity contribution in [2.75, 3.05) is 0 Å². The number of rotatable bonds is 3. The second-order valence-electron chi connectivity index (χ2n) is 23.4. The molecule has 5 heterocycles. The second-order valence-corrected chi connectivity index (χ2v) is 87.5. The van der Waals surface area contributed by atoms with Gasteiger partial charge in [-0.05, 0) is 122 Å². The van der Waals surface area contributed by atoms with Crippen molar-refractivity contribution in [1.82, 2.24) is 0 Å². The molecule has 13 aromatic rings. The Hall–Kier alpha value is 0.255. The molecule has 0 bridgehead atoms. The highest BCUT2D eigenvalue weighted by atomic mass is 127. The van der Waals surface area contributed by atoms with Crippen LogP contribution >= 0.6 is 45.2 Å². The number of hydrogen-bond donors (Lipinski definition) is 0. The van der Waals surface area contributed by atoms with E-state index in [4.69, 9.17) is 77.0 Å². The third-order valence-electron chi connectivity index (χ3n) is 16.5. The van der Waals surface area contributed by atoms with Gasteiger partial charge in [-0.15, -0.1) is 0 Å². The zero-order valence-electron chi connectivity index (χ0n) is 60.7. The molecular weight excluding hydrogens is 2570 g/mol. The van der Waals surface area contributed by atoms with Gasteiger partial charge in [-0.25, -0.2) is 0 Å². The first-order valence-corrected chi connectivity index (χ1v) is 83.7. The van der Waals surface area contributed by atoms with Crippen LogP contribution in [0.3, 0.4) is 0 Å². The Labute approximate surface area is 853 Å². The van der Waals surface area contributed by atoms with Crippen LogP contribution in [-0.4, -0.2) is 18.3 Å². The summed E-state index contributed by atoms with van der Waals surface area (Å²) in [6, 6.07) is 49.4. The number of alkyl halides is 6. The number of halogens is 8. The molecular formula is C67H44BF6I2N3O6S39. The molecule has 1 fully saturated rings. The molecule has 14 rings (SSSR count). The third-order valence-corrected chi connectivity index (χ3v) is 91.9. The highest BCUT2D eigenvalue weighted by Gasteiger charge is 2.53. The van der Waals surface area contributed by atoms with Gasteiger partial charge in [0, 0.05) is 426 Å². The van der Waals surface area contributed by atoms with E-state index in [1.807, 2.05) is 104 Å². The lowest BCUT2D eigenvalue weighted by atomic mass is 9.75. The monoisotopic (exact) mass is 2610 g/mol. The van der Waals surface area contributed by atoms with Crippen LogP contribution in [0.2, 0.25) is 0 Å². The van der Waals surface area contributed by atoms with Crippen LogP contribution < -0.4 is 5.46 Å². The number of para-hydroxylation sites is 4. The van der Waals surface area contributed by atoms with Gasteiger partial charge in [0.2, 0.25) is 0 Å². The van der Waals surface area contributed by atoms with Crippen LogP contribution in [0.5, 0.6) is 0 Å². The highest BCUT2D eigenvalue weighted by Crippen LogP contribution is 2.53. The summed E-state index contributed by atoms with van der Waals surface area (Å²) in [4.78, 5) is 0. The Morgan fingerprint density at radius 1 is 0.331 bits per heavy atom. The van der Waals surface area contributed by atoms with E-state index in [0.29, 0.717) is 66.1 Å². The largest absolute Gasteiger partial charge is 0.496 e. The van der Waals surface area contributed by atoms with Crippen molar-refractivity contribution in [1.29, 1.82) is 15.8 Å². The number of nitriles is 3. The predicted octanol–water partition coefficient (Wildman–Crippen LogP) is 20.0. The van der Waals surface area contributed by atoms with Gasteiger partial charge in [-0.2, -0.15) is 42.1 Å². The number of nitrogens with zero attached hydrogens (tertiary/aromatic N) is 3. The molecule has 0 saturated carbocycles. The van der Waals surface area contributed by atoms with Crippen molar-refractivity contribution >= 4 is 501 Å². The van der Waals surface area contributed by atoms with Gasteiger partial charge < -0.3 is 27.0 Å². The Morgan fingerprint density at radius 2 is 0.589 bits per heavy atom. The van der Waals surface area contributed by atoms with E-state index in [9.17, 15) is 36.9 Å². The zero-order valence-corrected chi connectivity index (χ0v) is 96.9. The molecule has 0 atom stereocenters. The molecule has 0 radical (unpaired) electrons. The molecule has 9 aromatic carbocycles. The number of fused-ring (bicyclic) bond motifs is 12. The molecule has 0 N–H and O–H groups in total. The van der Waals surface area contributed by atoms with E-state index in [-0.39, 0.29) is 18.5 Å². The fourth-order valence-electron chi connectivity index (χ4n) is 11.3. The summed E-state index contributed by atoms with van der Waals surface area (Å²) >= 11 is 23.8. The topological polar surface area (TPSA) is 142 Å². The first-order chi connectivity index (χ1) is 59.4. The lowest BCUT2D eigenvalue weighted by Crippen LogP contribution is -2.41. The Kier molecular flexibility index (Phi) is 47.7. The maximum Gasteiger partial charge on any atom is 0.496 e. The molecule has 57 heteroatoms. The molecule has 656 valence electrons. The minimum absolute atomic E-state index is 0. The third kappa shape index (κ3) is 29.2. The van der Waals surface area contributed by atoms with Gasteiger partial charge in [-0.3, -0.25) is 0 Å². The standard InChI is InChI=1S/C34H17F3N2O2.C18H8I2O2.C14H15BF3NO2.CH4.S20.S19/c1-18-8-6-11-19(23(18)16-38)28-30-21-9-2-4-14-26(21)41-33(30)29(31-22-10-3-5-15-27(22)40-32(28)31)20-12-7-13-25(24(20)17-39)34(35,36)37;19-15-13-9-5-1-3-7-11(9)21-17(13)16(20)14-10-6-2-4-8-12(10)22-18(14)15;1-12(2)13(3,4)21-15(20-12)11-7-5-6-10(9(11)8-19)14(16,17)18;;1-3-5-7-9-11-13-15-17-19-20-18-16-14-12-10-8-6-4-2;1-3-5-7-9-11-13-15-17-19-18-16-14-12-10-8-6-4-2/h2-15H,1H3;1-8H;5-7H,1-4H3;1H4;;. The van der Waals surface area contributed by atoms with Crippen molar-refractivity contribution in [3.05, 3.63) is 192 Å². The first kappa shape index (κ1) is 108. The SMILES string of the molecule is C.CC1(C)OB(c2cccc(C(F)(F)F)c2C#N)OC1(C)C.Cc1cccc(-c2c3oc4ccccc4c3c(-c3cccc(C(F)(F)F)c3C#N)c3oc4ccccc4c23)c1C#N.Ic1c2oc3ccccc3c2c(I)c2oc3ccccc3c12.S=S=S=S=S=S=S=S=S=S=S=S=S=S=S=S=S=S=S.S=S=S=S=S=S=S=S=S=S=S=S=S=S=S=S=S=S=S=S. The molecule has 4 aromatic heterocycles. The minimum atomic E-state index is -4.74. The molecule has 9 nitrogen and oxygen atoms in total. The van der Waals surface area contributed by atoms with Crippen LogP contribution in [0, 0.1) is 48.1 Å². The molecule has 0 unspecified atom stereocenters. The van der Waals surface area contributed by atoms with E-state index in [1.165, 1.54) is 59.8 Å². The molecule has 0 spiro atoms. The van der Waals surface area contributed by atoms with E-state index in [2.05, 4.69) is 63.4 Å². The fraction of sp³-hybridized carbons (Fsp3) is 0.149. The summed E-state index contributed by atoms with van der Waals surface area (Å²) in [5.74, 6) is 0. The van der Waals surface area contributed by atoms with Crippen LogP contribution in [0.1, 0.15) is 68.5 Å². The summed E-state index contributed by atoms with van der Waals surface area (Å²) in [6.45, 7) is 9.04. The van der Waals surface area contributed by atoms with Crippen LogP contribution in [0.4, 0.5) is 26.3 Å². The number of furan rings is 4.